The zero-order valence-corrected chi connectivity index (χ0v) is 11.5. The molecule has 2 radical (unpaired) electrons. The first-order valence-corrected chi connectivity index (χ1v) is 4.89. The van der Waals surface area contributed by atoms with Crippen molar-refractivity contribution in [2.75, 3.05) is 0 Å². The quantitative estimate of drug-likeness (QED) is 0.795. The van der Waals surface area contributed by atoms with Crippen molar-refractivity contribution in [2.24, 2.45) is 0 Å². The molecule has 0 atom stereocenters. The van der Waals surface area contributed by atoms with Gasteiger partial charge >= 0.3 is 0 Å². The number of benzene rings is 1. The van der Waals surface area contributed by atoms with Crippen LogP contribution in [-0.2, 0) is 10.4 Å². The van der Waals surface area contributed by atoms with Crippen LogP contribution in [0.4, 0.5) is 0 Å². The molecule has 1 aromatic heterocycles. The third-order valence-electron chi connectivity index (χ3n) is 1.75. The predicted octanol–water partition coefficient (Wildman–Crippen LogP) is 2.86. The van der Waals surface area contributed by atoms with Crippen LogP contribution >= 0.6 is 23.7 Å². The number of rotatable bonds is 2. The van der Waals surface area contributed by atoms with Gasteiger partial charge in [-0.25, -0.2) is 0 Å². The SMILES string of the molecule is ClOCl.[Se].c1ccc(Cn2cccn2)cc1. The molecule has 0 unspecified atom stereocenters. The van der Waals surface area contributed by atoms with Crippen LogP contribution < -0.4 is 0 Å². The summed E-state index contributed by atoms with van der Waals surface area (Å²) >= 11 is 8.53. The summed E-state index contributed by atoms with van der Waals surface area (Å²) in [5, 5.41) is 4.13. The Hall–Kier alpha value is -0.511. The van der Waals surface area contributed by atoms with Crippen LogP contribution in [0.1, 0.15) is 5.56 Å². The van der Waals surface area contributed by atoms with Crippen molar-refractivity contribution >= 4 is 40.8 Å². The zero-order chi connectivity index (χ0) is 10.9. The molecule has 6 heteroatoms. The van der Waals surface area contributed by atoms with Gasteiger partial charge in [0.15, 0.2) is 0 Å². The van der Waals surface area contributed by atoms with E-state index in [1.807, 2.05) is 35.1 Å². The van der Waals surface area contributed by atoms with Gasteiger partial charge in [-0.05, 0) is 11.6 Å². The smallest absolute Gasteiger partial charge is 0.0832 e. The van der Waals surface area contributed by atoms with Gasteiger partial charge in [-0.15, -0.1) is 0 Å². The molecule has 0 saturated carbocycles. The van der Waals surface area contributed by atoms with E-state index >= 15 is 0 Å². The maximum Gasteiger partial charge on any atom is 0.0832 e. The number of hydrogen-bond acceptors (Lipinski definition) is 2. The van der Waals surface area contributed by atoms with E-state index in [1.165, 1.54) is 5.56 Å². The van der Waals surface area contributed by atoms with E-state index < -0.39 is 0 Å². The predicted molar refractivity (Wildman–Crippen MR) is 66.3 cm³/mol. The summed E-state index contributed by atoms with van der Waals surface area (Å²) in [5.41, 5.74) is 1.28. The minimum absolute atomic E-state index is 0. The molecular formula is C10H10Cl2N2OSe. The van der Waals surface area contributed by atoms with Crippen LogP contribution in [-0.4, -0.2) is 26.8 Å². The van der Waals surface area contributed by atoms with Crippen LogP contribution in [0, 0.1) is 0 Å². The molecule has 1 heterocycles. The van der Waals surface area contributed by atoms with Gasteiger partial charge in [0, 0.05) is 29.5 Å². The Kier molecular flexibility index (Phi) is 9.39. The zero-order valence-electron chi connectivity index (χ0n) is 8.29. The second-order valence-electron chi connectivity index (χ2n) is 2.75. The molecule has 0 bridgehead atoms. The Bertz CT molecular complexity index is 356. The largest absolute Gasteiger partial charge is 0.268 e. The van der Waals surface area contributed by atoms with Gasteiger partial charge in [-0.2, -0.15) is 8.94 Å². The number of nitrogens with zero attached hydrogens (tertiary/aromatic N) is 2. The van der Waals surface area contributed by atoms with Crippen LogP contribution in [0.15, 0.2) is 48.8 Å². The van der Waals surface area contributed by atoms with Crippen LogP contribution in [0.25, 0.3) is 0 Å². The normalized spacial score (nSPS) is 8.62. The average Bonchev–Trinajstić information content (AvgIpc) is 2.73. The third kappa shape index (κ3) is 6.16. The minimum atomic E-state index is 0. The summed E-state index contributed by atoms with van der Waals surface area (Å²) < 4.78 is 5.11. The summed E-state index contributed by atoms with van der Waals surface area (Å²) in [4.78, 5) is 0. The first kappa shape index (κ1) is 15.5. The number of aromatic nitrogens is 2. The van der Waals surface area contributed by atoms with E-state index in [2.05, 4.69) is 44.8 Å². The van der Waals surface area contributed by atoms with Gasteiger partial charge < -0.3 is 0 Å². The summed E-state index contributed by atoms with van der Waals surface area (Å²) in [6, 6.07) is 12.2. The minimum Gasteiger partial charge on any atom is -0.268 e. The maximum atomic E-state index is 4.26. The Morgan fingerprint density at radius 3 is 2.25 bits per heavy atom. The Labute approximate surface area is 115 Å². The molecule has 0 aliphatic heterocycles. The van der Waals surface area contributed by atoms with Crippen molar-refractivity contribution < 1.29 is 3.84 Å². The van der Waals surface area contributed by atoms with E-state index in [1.54, 1.807) is 6.20 Å². The molecule has 16 heavy (non-hydrogen) atoms. The Morgan fingerprint density at radius 2 is 1.75 bits per heavy atom. The third-order valence-corrected chi connectivity index (χ3v) is 1.75. The van der Waals surface area contributed by atoms with Gasteiger partial charge in [0.05, 0.1) is 30.3 Å². The second kappa shape index (κ2) is 9.70. The standard InChI is InChI=1S/C10H10N2.Cl2O.Se/c1-2-5-10(6-3-1)9-12-8-4-7-11-12;1-3-2;/h1-8H,9H2;;. The maximum absolute atomic E-state index is 4.26. The molecule has 0 N–H and O–H groups in total. The fraction of sp³-hybridized carbons (Fsp3) is 0.100. The molecule has 3 nitrogen and oxygen atoms in total. The molecule has 0 aliphatic carbocycles. The number of hydrogen-bond donors (Lipinski definition) is 0. The van der Waals surface area contributed by atoms with Gasteiger partial charge in [0.2, 0.25) is 0 Å². The monoisotopic (exact) mass is 324 g/mol. The van der Waals surface area contributed by atoms with Crippen molar-refractivity contribution in [1.82, 2.24) is 9.78 Å². The first-order valence-electron chi connectivity index (χ1n) is 4.27. The Morgan fingerprint density at radius 1 is 1.12 bits per heavy atom. The summed E-state index contributed by atoms with van der Waals surface area (Å²) in [5.74, 6) is 0. The summed E-state index contributed by atoms with van der Waals surface area (Å²) in [6.07, 6.45) is 3.76. The van der Waals surface area contributed by atoms with Gasteiger partial charge in [-0.1, -0.05) is 30.3 Å². The van der Waals surface area contributed by atoms with Crippen LogP contribution in [0.2, 0.25) is 0 Å². The molecule has 1 aromatic carbocycles. The molecule has 0 amide bonds. The number of halogens is 2. The second-order valence-corrected chi connectivity index (χ2v) is 3.21. The van der Waals surface area contributed by atoms with Crippen LogP contribution in [0.5, 0.6) is 0 Å². The van der Waals surface area contributed by atoms with Crippen molar-refractivity contribution in [2.45, 2.75) is 6.54 Å². The van der Waals surface area contributed by atoms with Crippen molar-refractivity contribution in [3.8, 4) is 0 Å². The first-order chi connectivity index (χ1) is 7.36. The van der Waals surface area contributed by atoms with E-state index in [9.17, 15) is 0 Å². The van der Waals surface area contributed by atoms with Gasteiger partial charge in [-0.3, -0.25) is 4.68 Å². The van der Waals surface area contributed by atoms with E-state index in [4.69, 9.17) is 0 Å². The molecule has 0 spiro atoms. The molecular weight excluding hydrogens is 314 g/mol. The van der Waals surface area contributed by atoms with Crippen LogP contribution in [0.3, 0.4) is 0 Å². The summed E-state index contributed by atoms with van der Waals surface area (Å²) in [7, 11) is 0. The Balaban J connectivity index is 0.000000511. The average molecular weight is 324 g/mol. The molecule has 0 aliphatic rings. The molecule has 0 fully saturated rings. The topological polar surface area (TPSA) is 27.1 Å². The summed E-state index contributed by atoms with van der Waals surface area (Å²) in [6.45, 7) is 0.855. The fourth-order valence-corrected chi connectivity index (χ4v) is 1.16. The molecule has 0 saturated heterocycles. The van der Waals surface area contributed by atoms with Crippen molar-refractivity contribution in [3.05, 3.63) is 54.4 Å². The van der Waals surface area contributed by atoms with E-state index in [-0.39, 0.29) is 17.1 Å². The van der Waals surface area contributed by atoms with Gasteiger partial charge in [0.1, 0.15) is 0 Å². The molecule has 2 aromatic rings. The molecule has 86 valence electrons. The van der Waals surface area contributed by atoms with Gasteiger partial charge in [0.25, 0.3) is 0 Å². The van der Waals surface area contributed by atoms with Crippen molar-refractivity contribution in [3.63, 3.8) is 0 Å². The fourth-order valence-electron chi connectivity index (χ4n) is 1.16. The van der Waals surface area contributed by atoms with Crippen molar-refractivity contribution in [1.29, 1.82) is 0 Å². The van der Waals surface area contributed by atoms with E-state index in [0.717, 1.165) is 6.54 Å². The molecule has 2 rings (SSSR count). The van der Waals surface area contributed by atoms with E-state index in [0.29, 0.717) is 0 Å².